The first-order valence-electron chi connectivity index (χ1n) is 14.2. The molecule has 230 valence electrons. The molecule has 0 saturated heterocycles. The number of aromatic amines is 1. The number of nitrogens with zero attached hydrogens (tertiary/aromatic N) is 2. The molecule has 9 nitrogen and oxygen atoms in total. The second-order valence-electron chi connectivity index (χ2n) is 10.5. The van der Waals surface area contributed by atoms with Gasteiger partial charge in [-0.15, -0.1) is 11.3 Å². The average molecular weight is 630 g/mol. The van der Waals surface area contributed by atoms with Crippen molar-refractivity contribution in [1.82, 2.24) is 25.8 Å². The van der Waals surface area contributed by atoms with Crippen molar-refractivity contribution >= 4 is 33.2 Å². The van der Waals surface area contributed by atoms with Crippen molar-refractivity contribution in [2.75, 3.05) is 26.9 Å². The minimum atomic E-state index is -0.833. The molecular weight excluding hydrogens is 600 g/mol. The number of carbonyl (C=O) groups excluding carboxylic acids is 2. The van der Waals surface area contributed by atoms with E-state index in [0.29, 0.717) is 56.1 Å². The molecule has 2 amide bonds. The third-order valence-electron chi connectivity index (χ3n) is 7.58. The molecule has 45 heavy (non-hydrogen) atoms. The van der Waals surface area contributed by atoms with Gasteiger partial charge >= 0.3 is 0 Å². The maximum Gasteiger partial charge on any atom is 0.251 e. The minimum absolute atomic E-state index is 0.0112. The molecule has 0 fully saturated rings. The van der Waals surface area contributed by atoms with Gasteiger partial charge in [-0.1, -0.05) is 18.7 Å². The number of hydrogen-bond donors (Lipinski definition) is 3. The van der Waals surface area contributed by atoms with Gasteiger partial charge in [-0.2, -0.15) is 5.10 Å². The number of halogens is 2. The Kier molecular flexibility index (Phi) is 8.42. The van der Waals surface area contributed by atoms with Gasteiger partial charge in [0.1, 0.15) is 35.4 Å². The maximum absolute atomic E-state index is 15.9. The molecule has 12 heteroatoms. The number of hydrogen-bond acceptors (Lipinski definition) is 7. The van der Waals surface area contributed by atoms with E-state index in [1.807, 2.05) is 29.6 Å². The number of fused-ring (bicyclic) bond motifs is 2. The van der Waals surface area contributed by atoms with Crippen LogP contribution in [0.2, 0.25) is 0 Å². The number of H-pyrrole nitrogens is 1. The quantitative estimate of drug-likeness (QED) is 0.129. The number of carbonyl (C=O) groups is 2. The van der Waals surface area contributed by atoms with E-state index < -0.39 is 17.7 Å². The van der Waals surface area contributed by atoms with Gasteiger partial charge in [0, 0.05) is 52.6 Å². The van der Waals surface area contributed by atoms with Crippen LogP contribution < -0.4 is 15.4 Å². The average Bonchev–Trinajstić information content (AvgIpc) is 3.72. The van der Waals surface area contributed by atoms with E-state index in [0.717, 1.165) is 24.1 Å². The zero-order valence-corrected chi connectivity index (χ0v) is 25.3. The fourth-order valence-corrected chi connectivity index (χ4v) is 6.34. The number of amides is 2. The van der Waals surface area contributed by atoms with Crippen LogP contribution in [-0.2, 0) is 16.0 Å². The molecule has 3 N–H and O–H groups in total. The standard InChI is InChI=1S/C33H29F2N5O4S/c1-4-27(41)37-17(2)24-16-25(40-39-24)31-29(28-23(35)14-20(34)15-26(28)44-11-10-43-3)32-21(8-12-45-32)30(38-31)19-6-5-18-7-9-36-33(42)22(18)13-19/h4-6,8,12-17H,1,7,9-11H2,2-3H3,(H,36,42)(H,37,41)(H,39,40)/t17-/m1/s1. The van der Waals surface area contributed by atoms with Crippen LogP contribution >= 0.6 is 11.3 Å². The van der Waals surface area contributed by atoms with Gasteiger partial charge in [0.15, 0.2) is 0 Å². The fourth-order valence-electron chi connectivity index (χ4n) is 5.39. The Balaban J connectivity index is 1.61. The van der Waals surface area contributed by atoms with Gasteiger partial charge < -0.3 is 20.1 Å². The van der Waals surface area contributed by atoms with Crippen molar-refractivity contribution in [1.29, 1.82) is 0 Å². The van der Waals surface area contributed by atoms with E-state index in [9.17, 15) is 14.0 Å². The highest BCUT2D eigenvalue weighted by atomic mass is 32.1. The largest absolute Gasteiger partial charge is 0.490 e. The third-order valence-corrected chi connectivity index (χ3v) is 8.51. The van der Waals surface area contributed by atoms with Gasteiger partial charge in [0.25, 0.3) is 5.91 Å². The van der Waals surface area contributed by atoms with E-state index in [4.69, 9.17) is 14.5 Å². The normalized spacial score (nSPS) is 13.3. The Morgan fingerprint density at radius 1 is 1.16 bits per heavy atom. The molecule has 5 aromatic rings. The number of methoxy groups -OCH3 is 1. The summed E-state index contributed by atoms with van der Waals surface area (Å²) in [6, 6.07) is 10.7. The monoisotopic (exact) mass is 629 g/mol. The molecule has 6 rings (SSSR count). The van der Waals surface area contributed by atoms with Crippen LogP contribution in [0, 0.1) is 11.6 Å². The lowest BCUT2D eigenvalue weighted by atomic mass is 9.93. The van der Waals surface area contributed by atoms with E-state index in [-0.39, 0.29) is 36.3 Å². The molecule has 4 heterocycles. The number of ether oxygens (including phenoxy) is 2. The zero-order chi connectivity index (χ0) is 31.7. The van der Waals surface area contributed by atoms with Crippen molar-refractivity contribution in [3.8, 4) is 39.5 Å². The summed E-state index contributed by atoms with van der Waals surface area (Å²) in [6.07, 6.45) is 1.89. The summed E-state index contributed by atoms with van der Waals surface area (Å²) in [7, 11) is 1.50. The van der Waals surface area contributed by atoms with E-state index in [2.05, 4.69) is 27.4 Å². The second-order valence-corrected chi connectivity index (χ2v) is 11.4. The second kappa shape index (κ2) is 12.6. The molecule has 3 aromatic heterocycles. The molecule has 1 atom stereocenters. The lowest BCUT2D eigenvalue weighted by molar-refractivity contribution is -0.117. The number of aromatic nitrogens is 3. The zero-order valence-electron chi connectivity index (χ0n) is 24.5. The summed E-state index contributed by atoms with van der Waals surface area (Å²) < 4.78 is 42.0. The molecule has 0 unspecified atom stereocenters. The fraction of sp³-hybridized carbons (Fsp3) is 0.212. The van der Waals surface area contributed by atoms with Crippen LogP contribution in [0.5, 0.6) is 5.75 Å². The van der Waals surface area contributed by atoms with Crippen LogP contribution in [0.3, 0.4) is 0 Å². The lowest BCUT2D eigenvalue weighted by Gasteiger charge is -2.19. The molecule has 2 aromatic carbocycles. The number of benzene rings is 2. The Morgan fingerprint density at radius 2 is 2.00 bits per heavy atom. The molecule has 0 spiro atoms. The Hall–Kier alpha value is -4.94. The first-order valence-corrected chi connectivity index (χ1v) is 15.1. The highest BCUT2D eigenvalue weighted by molar-refractivity contribution is 7.18. The Labute approximate surface area is 261 Å². The van der Waals surface area contributed by atoms with Crippen molar-refractivity contribution in [2.24, 2.45) is 0 Å². The van der Waals surface area contributed by atoms with Gasteiger partial charge in [-0.3, -0.25) is 14.7 Å². The van der Waals surface area contributed by atoms with Gasteiger partial charge in [0.05, 0.1) is 29.6 Å². The highest BCUT2D eigenvalue weighted by Gasteiger charge is 2.27. The van der Waals surface area contributed by atoms with Crippen LogP contribution in [-0.4, -0.2) is 53.9 Å². The molecule has 1 aliphatic rings. The number of thiophene rings is 1. The van der Waals surface area contributed by atoms with E-state index in [1.54, 1.807) is 13.0 Å². The number of nitrogens with one attached hydrogen (secondary N) is 3. The summed E-state index contributed by atoms with van der Waals surface area (Å²) in [5, 5.41) is 15.7. The topological polar surface area (TPSA) is 118 Å². The third kappa shape index (κ3) is 5.81. The molecule has 0 radical (unpaired) electrons. The SMILES string of the molecule is C=CC(=O)N[C@H](C)c1cc(-c2nc(-c3ccc4c(c3)C(=O)NCC4)c3ccsc3c2-c2c(F)cc(F)cc2OCCOC)n[nH]1. The van der Waals surface area contributed by atoms with Gasteiger partial charge in [-0.05, 0) is 48.6 Å². The van der Waals surface area contributed by atoms with E-state index in [1.165, 1.54) is 24.5 Å². The van der Waals surface area contributed by atoms with E-state index >= 15 is 4.39 Å². The predicted octanol–water partition coefficient (Wildman–Crippen LogP) is 5.97. The molecule has 1 aliphatic heterocycles. The maximum atomic E-state index is 15.9. The molecule has 0 saturated carbocycles. The first-order chi connectivity index (χ1) is 21.8. The van der Waals surface area contributed by atoms with Crippen LogP contribution in [0.4, 0.5) is 8.78 Å². The molecule has 0 aliphatic carbocycles. The van der Waals surface area contributed by atoms with Crippen molar-refractivity contribution in [3.05, 3.63) is 89.0 Å². The Bertz CT molecular complexity index is 1950. The van der Waals surface area contributed by atoms with Crippen LogP contribution in [0.1, 0.15) is 34.6 Å². The van der Waals surface area contributed by atoms with Crippen molar-refractivity contribution < 1.29 is 27.8 Å². The van der Waals surface area contributed by atoms with Crippen LogP contribution in [0.15, 0.2) is 60.5 Å². The van der Waals surface area contributed by atoms with Crippen LogP contribution in [0.25, 0.3) is 43.9 Å². The molecular formula is C33H29F2N5O4S. The Morgan fingerprint density at radius 3 is 2.80 bits per heavy atom. The summed E-state index contributed by atoms with van der Waals surface area (Å²) >= 11 is 1.36. The minimum Gasteiger partial charge on any atom is -0.490 e. The smallest absolute Gasteiger partial charge is 0.251 e. The van der Waals surface area contributed by atoms with Gasteiger partial charge in [0.2, 0.25) is 5.91 Å². The number of rotatable bonds is 10. The van der Waals surface area contributed by atoms with Crippen molar-refractivity contribution in [3.63, 3.8) is 0 Å². The summed E-state index contributed by atoms with van der Waals surface area (Å²) in [5.74, 6) is -2.15. The number of pyridine rings is 1. The first kappa shape index (κ1) is 30.1. The summed E-state index contributed by atoms with van der Waals surface area (Å²) in [5.41, 5.74) is 4.39. The van der Waals surface area contributed by atoms with Gasteiger partial charge in [-0.25, -0.2) is 13.8 Å². The lowest BCUT2D eigenvalue weighted by Crippen LogP contribution is -2.31. The van der Waals surface area contributed by atoms with Crippen molar-refractivity contribution in [2.45, 2.75) is 19.4 Å². The summed E-state index contributed by atoms with van der Waals surface area (Å²) in [4.78, 5) is 29.7. The molecule has 0 bridgehead atoms. The summed E-state index contributed by atoms with van der Waals surface area (Å²) in [6.45, 7) is 6.11. The highest BCUT2D eigenvalue weighted by Crippen LogP contribution is 2.47. The predicted molar refractivity (Wildman–Crippen MR) is 168 cm³/mol.